The largest absolute Gasteiger partial charge is 0.322 e. The zero-order valence-electron chi connectivity index (χ0n) is 23.6. The van der Waals surface area contributed by atoms with Gasteiger partial charge in [-0.3, -0.25) is 4.79 Å². The number of anilines is 1. The Morgan fingerprint density at radius 1 is 0.744 bits per heavy atom. The van der Waals surface area contributed by atoms with Gasteiger partial charge >= 0.3 is 0 Å². The molecule has 0 saturated heterocycles. The Labute approximate surface area is 235 Å². The lowest BCUT2D eigenvalue weighted by molar-refractivity contribution is -0.111. The van der Waals surface area contributed by atoms with Gasteiger partial charge in [0.15, 0.2) is 0 Å². The van der Waals surface area contributed by atoms with Gasteiger partial charge in [-0.25, -0.2) is 0 Å². The van der Waals surface area contributed by atoms with Crippen molar-refractivity contribution >= 4 is 22.7 Å². The van der Waals surface area contributed by atoms with Gasteiger partial charge in [-0.2, -0.15) is 0 Å². The van der Waals surface area contributed by atoms with Gasteiger partial charge in [-0.1, -0.05) is 119 Å². The summed E-state index contributed by atoms with van der Waals surface area (Å²) >= 11 is 0. The Hall–Kier alpha value is -3.39. The lowest BCUT2D eigenvalue weighted by atomic mass is 9.71. The summed E-state index contributed by atoms with van der Waals surface area (Å²) in [6.45, 7) is 6.03. The highest BCUT2D eigenvalue weighted by atomic mass is 16.1. The molecule has 0 spiro atoms. The maximum Gasteiger partial charge on any atom is 0.247 e. The number of hydrogen-bond donors (Lipinski definition) is 1. The second kappa shape index (κ2) is 13.1. The topological polar surface area (TPSA) is 29.1 Å². The molecule has 202 valence electrons. The maximum atomic E-state index is 12.6. The predicted molar refractivity (Wildman–Crippen MR) is 166 cm³/mol. The summed E-state index contributed by atoms with van der Waals surface area (Å²) in [5, 5.41) is 3.24. The van der Waals surface area contributed by atoms with Crippen molar-refractivity contribution in [3.8, 4) is 0 Å². The van der Waals surface area contributed by atoms with Gasteiger partial charge in [0.2, 0.25) is 5.91 Å². The van der Waals surface area contributed by atoms with Crippen LogP contribution >= 0.6 is 0 Å². The van der Waals surface area contributed by atoms with Crippen molar-refractivity contribution < 1.29 is 4.79 Å². The lowest BCUT2D eigenvalue weighted by Gasteiger charge is -2.34. The highest BCUT2D eigenvalue weighted by Gasteiger charge is 2.31. The van der Waals surface area contributed by atoms with E-state index < -0.39 is 0 Å². The smallest absolute Gasteiger partial charge is 0.247 e. The minimum atomic E-state index is -0.119. The van der Waals surface area contributed by atoms with Crippen LogP contribution in [0.15, 0.2) is 85.5 Å². The molecule has 2 nitrogen and oxygen atoms in total. The van der Waals surface area contributed by atoms with Crippen molar-refractivity contribution in [2.24, 2.45) is 0 Å². The van der Waals surface area contributed by atoms with Crippen LogP contribution in [0.5, 0.6) is 0 Å². The Kier molecular flexibility index (Phi) is 9.14. The molecule has 3 aromatic carbocycles. The summed E-state index contributed by atoms with van der Waals surface area (Å²) in [7, 11) is 0. The van der Waals surface area contributed by atoms with Crippen molar-refractivity contribution in [2.45, 2.75) is 89.4 Å². The average molecular weight is 518 g/mol. The fourth-order valence-electron chi connectivity index (χ4n) is 7.07. The van der Waals surface area contributed by atoms with E-state index in [4.69, 9.17) is 0 Å². The molecule has 2 fully saturated rings. The van der Waals surface area contributed by atoms with Crippen LogP contribution in [0.2, 0.25) is 0 Å². The summed E-state index contributed by atoms with van der Waals surface area (Å²) in [5.74, 6) is 0.875. The van der Waals surface area contributed by atoms with Crippen LogP contribution in [0.4, 0.5) is 5.69 Å². The van der Waals surface area contributed by atoms with Crippen molar-refractivity contribution in [2.75, 3.05) is 5.32 Å². The molecule has 0 aliphatic heterocycles. The van der Waals surface area contributed by atoms with Gasteiger partial charge in [0, 0.05) is 5.69 Å². The average Bonchev–Trinajstić information content (AvgIpc) is 3.01. The van der Waals surface area contributed by atoms with E-state index in [2.05, 4.69) is 91.6 Å². The van der Waals surface area contributed by atoms with E-state index in [1.54, 1.807) is 0 Å². The third-order valence-electron chi connectivity index (χ3n) is 8.87. The minimum absolute atomic E-state index is 0.119. The molecule has 0 heterocycles. The number of hydrogen-bond acceptors (Lipinski definition) is 1. The molecular formula is C37H43NO. The Balaban J connectivity index is 1.83. The summed E-state index contributed by atoms with van der Waals surface area (Å²) in [6.07, 6.45) is 14.9. The van der Waals surface area contributed by atoms with E-state index in [0.29, 0.717) is 11.8 Å². The molecule has 0 unspecified atom stereocenters. The molecule has 2 aliphatic carbocycles. The van der Waals surface area contributed by atoms with Crippen LogP contribution in [0.3, 0.4) is 0 Å². The SMILES string of the molecule is C=CC(=O)Nc1ccc(/C(=C(\CC)c2ccccc2)c2ccccc2)c(C2CCCCC2)c1C1CCCCC1. The van der Waals surface area contributed by atoms with Gasteiger partial charge in [-0.05, 0) is 95.0 Å². The highest BCUT2D eigenvalue weighted by Crippen LogP contribution is 2.49. The van der Waals surface area contributed by atoms with Crippen molar-refractivity contribution in [3.63, 3.8) is 0 Å². The third-order valence-corrected chi connectivity index (χ3v) is 8.87. The summed E-state index contributed by atoms with van der Waals surface area (Å²) < 4.78 is 0. The van der Waals surface area contributed by atoms with E-state index in [-0.39, 0.29) is 5.91 Å². The Morgan fingerprint density at radius 3 is 1.82 bits per heavy atom. The first-order chi connectivity index (χ1) is 19.2. The van der Waals surface area contributed by atoms with Gasteiger partial charge in [-0.15, -0.1) is 0 Å². The van der Waals surface area contributed by atoms with Crippen LogP contribution in [-0.4, -0.2) is 5.91 Å². The van der Waals surface area contributed by atoms with Crippen molar-refractivity contribution in [1.82, 2.24) is 0 Å². The summed E-state index contributed by atoms with van der Waals surface area (Å²) in [4.78, 5) is 12.6. The number of amides is 1. The van der Waals surface area contributed by atoms with Gasteiger partial charge in [0.05, 0.1) is 0 Å². The first-order valence-electron chi connectivity index (χ1n) is 15.2. The summed E-state index contributed by atoms with van der Waals surface area (Å²) in [6, 6.07) is 26.4. The second-order valence-electron chi connectivity index (χ2n) is 11.3. The Morgan fingerprint density at radius 2 is 1.28 bits per heavy atom. The summed E-state index contributed by atoms with van der Waals surface area (Å²) in [5.41, 5.74) is 10.6. The highest BCUT2D eigenvalue weighted by molar-refractivity contribution is 6.02. The Bertz CT molecular complexity index is 1290. The number of carbonyl (C=O) groups excluding carboxylic acids is 1. The van der Waals surface area contributed by atoms with Gasteiger partial charge in [0.1, 0.15) is 0 Å². The first kappa shape index (κ1) is 27.2. The molecule has 0 bridgehead atoms. The lowest BCUT2D eigenvalue weighted by Crippen LogP contribution is -2.19. The van der Waals surface area contributed by atoms with E-state index in [0.717, 1.165) is 12.1 Å². The molecule has 2 aliphatic rings. The van der Waals surface area contributed by atoms with Crippen LogP contribution in [0, 0.1) is 0 Å². The molecule has 2 heteroatoms. The zero-order chi connectivity index (χ0) is 27.0. The van der Waals surface area contributed by atoms with Crippen LogP contribution in [0.25, 0.3) is 11.1 Å². The molecule has 1 N–H and O–H groups in total. The fourth-order valence-corrected chi connectivity index (χ4v) is 7.07. The number of nitrogens with one attached hydrogen (secondary N) is 1. The van der Waals surface area contributed by atoms with Crippen LogP contribution in [0.1, 0.15) is 117 Å². The fraction of sp³-hybridized carbons (Fsp3) is 0.378. The second-order valence-corrected chi connectivity index (χ2v) is 11.3. The predicted octanol–water partition coefficient (Wildman–Crippen LogP) is 10.3. The van der Waals surface area contributed by atoms with Crippen molar-refractivity contribution in [3.05, 3.63) is 113 Å². The molecule has 1 amide bonds. The molecule has 3 aromatic rings. The van der Waals surface area contributed by atoms with Crippen LogP contribution in [-0.2, 0) is 4.79 Å². The minimum Gasteiger partial charge on any atom is -0.322 e. The molecule has 0 atom stereocenters. The van der Waals surface area contributed by atoms with Gasteiger partial charge < -0.3 is 5.32 Å². The quantitative estimate of drug-likeness (QED) is 0.234. The maximum absolute atomic E-state index is 12.6. The molecule has 2 saturated carbocycles. The molecular weight excluding hydrogens is 474 g/mol. The number of benzene rings is 3. The van der Waals surface area contributed by atoms with E-state index in [9.17, 15) is 4.79 Å². The first-order valence-corrected chi connectivity index (χ1v) is 15.2. The van der Waals surface area contributed by atoms with Crippen molar-refractivity contribution in [1.29, 1.82) is 0 Å². The standard InChI is InChI=1S/C37H43NO/c1-3-31(27-17-9-5-10-18-27)35(28-19-11-6-12-20-28)32-25-26-33(38-34(39)4-2)37(30-23-15-8-16-24-30)36(32)29-21-13-7-14-22-29/h4-6,9-12,17-20,25-26,29-30H,2-3,7-8,13-16,21-24H2,1H3,(H,38,39)/b35-31+. The third kappa shape index (κ3) is 6.11. The van der Waals surface area contributed by atoms with E-state index in [1.165, 1.54) is 109 Å². The number of carbonyl (C=O) groups is 1. The molecule has 39 heavy (non-hydrogen) atoms. The molecule has 0 aromatic heterocycles. The molecule has 5 rings (SSSR count). The van der Waals surface area contributed by atoms with Crippen LogP contribution < -0.4 is 5.32 Å². The van der Waals surface area contributed by atoms with E-state index in [1.807, 2.05) is 0 Å². The molecule has 0 radical (unpaired) electrons. The van der Waals surface area contributed by atoms with Gasteiger partial charge in [0.25, 0.3) is 0 Å². The monoisotopic (exact) mass is 517 g/mol. The number of allylic oxidation sites excluding steroid dienone is 1. The van der Waals surface area contributed by atoms with E-state index >= 15 is 0 Å². The number of rotatable bonds is 8. The normalized spacial score (nSPS) is 17.4. The zero-order valence-corrected chi connectivity index (χ0v) is 23.6.